The van der Waals surface area contributed by atoms with Gasteiger partial charge in [-0.05, 0) is 53.2 Å². The Balaban J connectivity index is 2.59. The zero-order valence-electron chi connectivity index (χ0n) is 16.7. The molecule has 1 amide bonds. The summed E-state index contributed by atoms with van der Waals surface area (Å²) >= 11 is 3.55. The maximum absolute atomic E-state index is 13.2. The van der Waals surface area contributed by atoms with Crippen LogP contribution in [0.25, 0.3) is 0 Å². The lowest BCUT2D eigenvalue weighted by Crippen LogP contribution is -2.38. The second-order valence-electron chi connectivity index (χ2n) is 6.74. The molecule has 1 aromatic carbocycles. The molecule has 0 spiro atoms. The Hall–Kier alpha value is -2.14. The number of rotatable bonds is 6. The van der Waals surface area contributed by atoms with E-state index >= 15 is 0 Å². The van der Waals surface area contributed by atoms with Gasteiger partial charge >= 0.3 is 0 Å². The molecule has 5 heteroatoms. The Morgan fingerprint density at radius 1 is 1.19 bits per heavy atom. The summed E-state index contributed by atoms with van der Waals surface area (Å²) in [5.41, 5.74) is 6.35. The summed E-state index contributed by atoms with van der Waals surface area (Å²) in [4.78, 5) is 13.2. The highest BCUT2D eigenvalue weighted by molar-refractivity contribution is 9.10. The van der Waals surface area contributed by atoms with Gasteiger partial charge in [0.2, 0.25) is 5.69 Å². The number of nitrogens with zero attached hydrogens (tertiary/aromatic N) is 1. The number of anilines is 1. The third-order valence-electron chi connectivity index (χ3n) is 4.91. The Kier molecular flexibility index (Phi) is 6.82. The van der Waals surface area contributed by atoms with Crippen molar-refractivity contribution in [1.29, 1.82) is 0 Å². The van der Waals surface area contributed by atoms with Crippen LogP contribution in [-0.2, 0) is 19.3 Å². The van der Waals surface area contributed by atoms with E-state index in [9.17, 15) is 10.0 Å². The fourth-order valence-electron chi connectivity index (χ4n) is 3.43. The number of carbonyl (C=O) groups is 1. The van der Waals surface area contributed by atoms with E-state index in [1.807, 2.05) is 0 Å². The molecular weight excluding hydrogens is 404 g/mol. The maximum atomic E-state index is 13.2. The molecule has 0 aliphatic rings. The molecule has 0 saturated carbocycles. The number of pyridine rings is 1. The van der Waals surface area contributed by atoms with E-state index in [-0.39, 0.29) is 5.91 Å². The predicted molar refractivity (Wildman–Crippen MR) is 114 cm³/mol. The van der Waals surface area contributed by atoms with Crippen LogP contribution in [-0.4, -0.2) is 5.91 Å². The second-order valence-corrected chi connectivity index (χ2v) is 7.54. The molecule has 0 aliphatic heterocycles. The summed E-state index contributed by atoms with van der Waals surface area (Å²) in [6, 6.07) is 4.20. The number of aromatic nitrogens is 1. The van der Waals surface area contributed by atoms with Crippen LogP contribution in [0.2, 0.25) is 0 Å². The topological polar surface area (TPSA) is 56.0 Å². The van der Waals surface area contributed by atoms with Crippen LogP contribution < -0.4 is 10.0 Å². The molecule has 2 rings (SSSR count). The van der Waals surface area contributed by atoms with Crippen molar-refractivity contribution in [3.8, 4) is 0 Å². The van der Waals surface area contributed by atoms with Gasteiger partial charge in [0.1, 0.15) is 5.56 Å². The second kappa shape index (κ2) is 8.70. The van der Waals surface area contributed by atoms with Gasteiger partial charge < -0.3 is 10.5 Å². The fraction of sp³-hybridized carbons (Fsp3) is 0.364. The monoisotopic (exact) mass is 430 g/mol. The average molecular weight is 431 g/mol. The number of hydrogen-bond acceptors (Lipinski definition) is 2. The van der Waals surface area contributed by atoms with Gasteiger partial charge in [-0.25, -0.2) is 0 Å². The molecule has 0 atom stereocenters. The molecular formula is C22H27BrN2O2. The average Bonchev–Trinajstić information content (AvgIpc) is 2.64. The molecule has 1 heterocycles. The van der Waals surface area contributed by atoms with Crippen molar-refractivity contribution >= 4 is 27.5 Å². The zero-order chi connectivity index (χ0) is 20.3. The van der Waals surface area contributed by atoms with Crippen molar-refractivity contribution in [1.82, 2.24) is 0 Å². The molecule has 144 valence electrons. The largest absolute Gasteiger partial charge is 0.618 e. The number of amides is 1. The SMILES string of the molecule is C=CCc1c(Br)c(C(=O)Nc2c(CC)cc(C)cc2CC)c(C)[n+]([O-])c1C. The number of nitrogens with one attached hydrogen (secondary N) is 1. The van der Waals surface area contributed by atoms with E-state index in [0.29, 0.717) is 27.8 Å². The van der Waals surface area contributed by atoms with Gasteiger partial charge in [0.15, 0.2) is 5.69 Å². The Labute approximate surface area is 170 Å². The molecule has 0 bridgehead atoms. The number of benzene rings is 1. The maximum Gasteiger partial charge on any atom is 0.263 e. The van der Waals surface area contributed by atoms with Gasteiger partial charge in [0.25, 0.3) is 5.91 Å². The van der Waals surface area contributed by atoms with E-state index in [0.717, 1.165) is 39.9 Å². The molecule has 0 saturated heterocycles. The molecule has 1 N–H and O–H groups in total. The summed E-state index contributed by atoms with van der Waals surface area (Å²) in [6.45, 7) is 13.4. The first-order chi connectivity index (χ1) is 12.8. The van der Waals surface area contributed by atoms with Crippen molar-refractivity contribution in [2.24, 2.45) is 0 Å². The third kappa shape index (κ3) is 4.08. The van der Waals surface area contributed by atoms with Crippen LogP contribution in [0, 0.1) is 26.0 Å². The Bertz CT molecular complexity index is 879. The van der Waals surface area contributed by atoms with Gasteiger partial charge in [-0.1, -0.05) is 37.6 Å². The summed E-state index contributed by atoms with van der Waals surface area (Å²) in [6.07, 6.45) is 3.89. The lowest BCUT2D eigenvalue weighted by atomic mass is 9.99. The number of aryl methyl sites for hydroxylation is 3. The lowest BCUT2D eigenvalue weighted by molar-refractivity contribution is -0.619. The summed E-state index contributed by atoms with van der Waals surface area (Å²) < 4.78 is 1.49. The normalized spacial score (nSPS) is 10.7. The molecule has 4 nitrogen and oxygen atoms in total. The van der Waals surface area contributed by atoms with Gasteiger partial charge in [0.05, 0.1) is 0 Å². The van der Waals surface area contributed by atoms with Crippen LogP contribution >= 0.6 is 15.9 Å². The molecule has 1 aromatic heterocycles. The first kappa shape index (κ1) is 21.2. The number of allylic oxidation sites excluding steroid dienone is 1. The molecule has 27 heavy (non-hydrogen) atoms. The Morgan fingerprint density at radius 3 is 2.22 bits per heavy atom. The third-order valence-corrected chi connectivity index (χ3v) is 5.79. The minimum Gasteiger partial charge on any atom is -0.618 e. The van der Waals surface area contributed by atoms with Crippen LogP contribution in [0.15, 0.2) is 29.3 Å². The van der Waals surface area contributed by atoms with Crippen molar-refractivity contribution < 1.29 is 9.52 Å². The van der Waals surface area contributed by atoms with E-state index < -0.39 is 0 Å². The predicted octanol–water partition coefficient (Wildman–Crippen LogP) is 5.11. The molecule has 2 aromatic rings. The lowest BCUT2D eigenvalue weighted by Gasteiger charge is -2.18. The van der Waals surface area contributed by atoms with Crippen molar-refractivity contribution in [2.75, 3.05) is 5.32 Å². The van der Waals surface area contributed by atoms with Gasteiger partial charge in [0, 0.05) is 29.6 Å². The number of carbonyl (C=O) groups excluding carboxylic acids is 1. The molecule has 0 radical (unpaired) electrons. The van der Waals surface area contributed by atoms with Crippen LogP contribution in [0.5, 0.6) is 0 Å². The summed E-state index contributed by atoms with van der Waals surface area (Å²) in [5, 5.41) is 15.6. The molecule has 0 unspecified atom stereocenters. The zero-order valence-corrected chi connectivity index (χ0v) is 18.3. The summed E-state index contributed by atoms with van der Waals surface area (Å²) in [7, 11) is 0. The highest BCUT2D eigenvalue weighted by atomic mass is 79.9. The highest BCUT2D eigenvalue weighted by Crippen LogP contribution is 2.29. The molecule has 0 fully saturated rings. The number of halogens is 1. The first-order valence-corrected chi connectivity index (χ1v) is 10.0. The van der Waals surface area contributed by atoms with Crippen LogP contribution in [0.4, 0.5) is 5.69 Å². The van der Waals surface area contributed by atoms with E-state index in [2.05, 4.69) is 60.7 Å². The van der Waals surface area contributed by atoms with Crippen LogP contribution in [0.3, 0.4) is 0 Å². The summed E-state index contributed by atoms with van der Waals surface area (Å²) in [5.74, 6) is -0.275. The standard InChI is InChI=1S/C22H27BrN2O2/c1-7-10-18-14(5)25(27)15(6)19(20(18)23)22(26)24-21-16(8-2)11-13(4)12-17(21)9-3/h7,11-12H,1,8-10H2,2-6H3,(H,24,26). The quantitative estimate of drug-likeness (QED) is 0.393. The van der Waals surface area contributed by atoms with Crippen molar-refractivity contribution in [3.05, 3.63) is 73.7 Å². The smallest absolute Gasteiger partial charge is 0.263 e. The minimum atomic E-state index is -0.275. The van der Waals surface area contributed by atoms with Gasteiger partial charge in [-0.15, -0.1) is 6.58 Å². The highest BCUT2D eigenvalue weighted by Gasteiger charge is 2.26. The molecule has 0 aliphatic carbocycles. The fourth-order valence-corrected chi connectivity index (χ4v) is 4.34. The van der Waals surface area contributed by atoms with Crippen molar-refractivity contribution in [3.63, 3.8) is 0 Å². The van der Waals surface area contributed by atoms with Gasteiger partial charge in [-0.2, -0.15) is 4.73 Å². The van der Waals surface area contributed by atoms with E-state index in [1.165, 1.54) is 5.56 Å². The van der Waals surface area contributed by atoms with E-state index in [1.54, 1.807) is 19.9 Å². The van der Waals surface area contributed by atoms with Crippen molar-refractivity contribution in [2.45, 2.75) is 53.9 Å². The van der Waals surface area contributed by atoms with E-state index in [4.69, 9.17) is 0 Å². The number of hydrogen-bond donors (Lipinski definition) is 1. The Morgan fingerprint density at radius 2 is 1.74 bits per heavy atom. The van der Waals surface area contributed by atoms with Crippen LogP contribution in [0.1, 0.15) is 57.8 Å². The minimum absolute atomic E-state index is 0.275. The van der Waals surface area contributed by atoms with Gasteiger partial charge in [-0.3, -0.25) is 4.79 Å². The first-order valence-electron chi connectivity index (χ1n) is 9.22.